The van der Waals surface area contributed by atoms with E-state index in [-0.39, 0.29) is 12.2 Å². The second kappa shape index (κ2) is 7.29. The summed E-state index contributed by atoms with van der Waals surface area (Å²) in [5, 5.41) is 2.86. The summed E-state index contributed by atoms with van der Waals surface area (Å²) in [4.78, 5) is 32.4. The molecule has 2 aliphatic heterocycles. The van der Waals surface area contributed by atoms with Crippen LogP contribution < -0.4 is 20.0 Å². The van der Waals surface area contributed by atoms with Crippen molar-refractivity contribution in [3.63, 3.8) is 0 Å². The summed E-state index contributed by atoms with van der Waals surface area (Å²) in [5.74, 6) is 1.11. The Bertz CT molecular complexity index is 1090. The van der Waals surface area contributed by atoms with Gasteiger partial charge in [0.25, 0.3) is 0 Å². The first-order valence-electron chi connectivity index (χ1n) is 10.0. The highest BCUT2D eigenvalue weighted by molar-refractivity contribution is 6.05. The van der Waals surface area contributed by atoms with Gasteiger partial charge in [-0.25, -0.2) is 14.8 Å². The number of carbonyl (C=O) groups excluding carboxylic acids is 1. The van der Waals surface area contributed by atoms with Crippen LogP contribution in [-0.2, 0) is 0 Å². The van der Waals surface area contributed by atoms with Gasteiger partial charge in [-0.05, 0) is 37.1 Å². The van der Waals surface area contributed by atoms with Crippen LogP contribution in [0.5, 0.6) is 0 Å². The van der Waals surface area contributed by atoms with Crippen molar-refractivity contribution < 1.29 is 4.79 Å². The van der Waals surface area contributed by atoms with Crippen LogP contribution in [0.2, 0.25) is 0 Å². The molecule has 1 saturated heterocycles. The van der Waals surface area contributed by atoms with Crippen LogP contribution in [0.25, 0.3) is 11.3 Å². The van der Waals surface area contributed by atoms with Gasteiger partial charge in [0.2, 0.25) is 0 Å². The standard InChI is InChI=1S/C22H23N7O/c1-27(2)16-6-3-5-15(13-16)17-8-9-18-21(25-17)29(20-7-4-12-28(18)20)22(30)26-19-14-23-10-11-24-19/h3,5-6,8-11,13-14,20H,4,7,12H2,1-2H3,(H,24,26,30)/t20-/m1/s1. The quantitative estimate of drug-likeness (QED) is 0.723. The van der Waals surface area contributed by atoms with Gasteiger partial charge in [-0.1, -0.05) is 12.1 Å². The zero-order chi connectivity index (χ0) is 20.7. The Hall–Kier alpha value is -3.68. The predicted molar refractivity (Wildman–Crippen MR) is 118 cm³/mol. The van der Waals surface area contributed by atoms with Gasteiger partial charge in [-0.2, -0.15) is 0 Å². The number of nitrogens with zero attached hydrogens (tertiary/aromatic N) is 6. The number of rotatable bonds is 3. The molecule has 2 aromatic heterocycles. The van der Waals surface area contributed by atoms with E-state index >= 15 is 0 Å². The number of benzene rings is 1. The third kappa shape index (κ3) is 3.10. The molecule has 0 aliphatic carbocycles. The van der Waals surface area contributed by atoms with Gasteiger partial charge in [0.1, 0.15) is 6.17 Å². The van der Waals surface area contributed by atoms with Crippen LogP contribution >= 0.6 is 0 Å². The maximum Gasteiger partial charge on any atom is 0.330 e. The van der Waals surface area contributed by atoms with Crippen molar-refractivity contribution in [3.8, 4) is 11.3 Å². The van der Waals surface area contributed by atoms with E-state index < -0.39 is 0 Å². The van der Waals surface area contributed by atoms with Crippen molar-refractivity contribution in [2.45, 2.75) is 19.0 Å². The number of anilines is 4. The molecule has 4 heterocycles. The Morgan fingerprint density at radius 3 is 2.90 bits per heavy atom. The third-order valence-corrected chi connectivity index (χ3v) is 5.59. The number of hydrogen-bond acceptors (Lipinski definition) is 6. The second-order valence-electron chi connectivity index (χ2n) is 7.69. The molecule has 1 atom stereocenters. The first-order valence-corrected chi connectivity index (χ1v) is 10.0. The smallest absolute Gasteiger partial charge is 0.330 e. The Balaban J connectivity index is 1.52. The Labute approximate surface area is 175 Å². The van der Waals surface area contributed by atoms with Crippen LogP contribution in [0.3, 0.4) is 0 Å². The molecule has 0 bridgehead atoms. The molecule has 2 aliphatic rings. The largest absolute Gasteiger partial charge is 0.378 e. The number of aromatic nitrogens is 3. The van der Waals surface area contributed by atoms with Crippen molar-refractivity contribution in [1.29, 1.82) is 0 Å². The minimum Gasteiger partial charge on any atom is -0.378 e. The molecule has 2 amide bonds. The molecule has 8 nitrogen and oxygen atoms in total. The number of nitrogens with one attached hydrogen (secondary N) is 1. The third-order valence-electron chi connectivity index (χ3n) is 5.59. The molecule has 5 rings (SSSR count). The molecule has 0 radical (unpaired) electrons. The van der Waals surface area contributed by atoms with E-state index in [1.807, 2.05) is 32.3 Å². The number of pyridine rings is 1. The molecule has 1 aromatic carbocycles. The van der Waals surface area contributed by atoms with Gasteiger partial charge in [-0.15, -0.1) is 0 Å². The molecule has 30 heavy (non-hydrogen) atoms. The molecule has 0 saturated carbocycles. The molecule has 8 heteroatoms. The fourth-order valence-electron chi connectivity index (χ4n) is 4.15. The van der Waals surface area contributed by atoms with E-state index in [1.54, 1.807) is 17.3 Å². The SMILES string of the molecule is CN(C)c1cccc(-c2ccc3c(n2)N(C(=O)Nc2cnccn2)[C@@H]2CCCN32)c1. The minimum atomic E-state index is -0.238. The zero-order valence-electron chi connectivity index (χ0n) is 17.0. The minimum absolute atomic E-state index is 0.0208. The Morgan fingerprint density at radius 2 is 2.10 bits per heavy atom. The molecule has 1 N–H and O–H groups in total. The number of amides is 2. The predicted octanol–water partition coefficient (Wildman–Crippen LogP) is 3.58. The molecule has 0 unspecified atom stereocenters. The van der Waals surface area contributed by atoms with Gasteiger partial charge >= 0.3 is 6.03 Å². The van der Waals surface area contributed by atoms with E-state index in [0.717, 1.165) is 42.0 Å². The van der Waals surface area contributed by atoms with Crippen molar-refractivity contribution in [3.05, 3.63) is 55.0 Å². The maximum atomic E-state index is 13.2. The second-order valence-corrected chi connectivity index (χ2v) is 7.69. The summed E-state index contributed by atoms with van der Waals surface area (Å²) in [7, 11) is 4.03. The van der Waals surface area contributed by atoms with E-state index in [0.29, 0.717) is 11.6 Å². The molecule has 1 fully saturated rings. The summed E-state index contributed by atoms with van der Waals surface area (Å²) < 4.78 is 0. The fourth-order valence-corrected chi connectivity index (χ4v) is 4.15. The van der Waals surface area contributed by atoms with E-state index in [4.69, 9.17) is 4.98 Å². The molecular formula is C22H23N7O. The van der Waals surface area contributed by atoms with Crippen LogP contribution in [0.15, 0.2) is 55.0 Å². The summed E-state index contributed by atoms with van der Waals surface area (Å²) >= 11 is 0. The number of hydrogen-bond donors (Lipinski definition) is 1. The molecule has 3 aromatic rings. The van der Waals surface area contributed by atoms with E-state index in [2.05, 4.69) is 43.3 Å². The average molecular weight is 401 g/mol. The van der Waals surface area contributed by atoms with Gasteiger partial charge in [-0.3, -0.25) is 15.2 Å². The van der Waals surface area contributed by atoms with Gasteiger partial charge in [0.05, 0.1) is 17.6 Å². The first-order chi connectivity index (χ1) is 14.6. The highest BCUT2D eigenvalue weighted by Crippen LogP contribution is 2.44. The summed E-state index contributed by atoms with van der Waals surface area (Å²) in [6.45, 7) is 0.920. The average Bonchev–Trinajstić information content (AvgIpc) is 3.34. The van der Waals surface area contributed by atoms with Crippen molar-refractivity contribution in [2.75, 3.05) is 40.7 Å². The highest BCUT2D eigenvalue weighted by atomic mass is 16.2. The molecule has 152 valence electrons. The van der Waals surface area contributed by atoms with Gasteiger partial charge in [0, 0.05) is 44.3 Å². The number of carbonyl (C=O) groups is 1. The molecular weight excluding hydrogens is 378 g/mol. The molecule has 0 spiro atoms. The lowest BCUT2D eigenvalue weighted by molar-refractivity contribution is 0.255. The first kappa shape index (κ1) is 18.4. The van der Waals surface area contributed by atoms with E-state index in [9.17, 15) is 4.79 Å². The topological polar surface area (TPSA) is 77.5 Å². The van der Waals surface area contributed by atoms with Crippen molar-refractivity contribution in [2.24, 2.45) is 0 Å². The van der Waals surface area contributed by atoms with Gasteiger partial charge in [0.15, 0.2) is 11.6 Å². The lowest BCUT2D eigenvalue weighted by Gasteiger charge is -2.25. The Kier molecular flexibility index (Phi) is 4.46. The van der Waals surface area contributed by atoms with E-state index in [1.165, 1.54) is 6.20 Å². The van der Waals surface area contributed by atoms with Crippen LogP contribution in [0.4, 0.5) is 27.8 Å². The van der Waals surface area contributed by atoms with Gasteiger partial charge < -0.3 is 9.80 Å². The number of urea groups is 1. The Morgan fingerprint density at radius 1 is 1.20 bits per heavy atom. The van der Waals surface area contributed by atoms with Crippen LogP contribution in [0, 0.1) is 0 Å². The van der Waals surface area contributed by atoms with Crippen molar-refractivity contribution in [1.82, 2.24) is 15.0 Å². The summed E-state index contributed by atoms with van der Waals surface area (Å²) in [6.07, 6.45) is 6.62. The van der Waals surface area contributed by atoms with Crippen LogP contribution in [0.1, 0.15) is 12.8 Å². The lowest BCUT2D eigenvalue weighted by Crippen LogP contribution is -2.45. The summed E-state index contributed by atoms with van der Waals surface area (Å²) in [6, 6.07) is 12.1. The zero-order valence-corrected chi connectivity index (χ0v) is 17.0. The monoisotopic (exact) mass is 401 g/mol. The van der Waals surface area contributed by atoms with Crippen LogP contribution in [-0.4, -0.2) is 47.8 Å². The van der Waals surface area contributed by atoms with Crippen molar-refractivity contribution >= 4 is 29.0 Å². The summed E-state index contributed by atoms with van der Waals surface area (Å²) in [5.41, 5.74) is 3.97. The lowest BCUT2D eigenvalue weighted by atomic mass is 10.1. The maximum absolute atomic E-state index is 13.2. The normalized spacial score (nSPS) is 16.9. The number of fused-ring (bicyclic) bond motifs is 3. The fraction of sp³-hybridized carbons (Fsp3) is 0.273. The highest BCUT2D eigenvalue weighted by Gasteiger charge is 2.43.